The molecule has 0 aliphatic heterocycles. The van der Waals surface area contributed by atoms with Gasteiger partial charge in [-0.3, -0.25) is 9.13 Å². The summed E-state index contributed by atoms with van der Waals surface area (Å²) in [7, 11) is 3.69. The fraction of sp³-hybridized carbons (Fsp3) is 0.533. The van der Waals surface area contributed by atoms with Crippen LogP contribution in [0.25, 0.3) is 11.0 Å². The zero-order valence-electron chi connectivity index (χ0n) is 11.6. The maximum absolute atomic E-state index is 12.1. The van der Waals surface area contributed by atoms with Crippen molar-refractivity contribution in [1.82, 2.24) is 9.13 Å². The van der Waals surface area contributed by atoms with E-state index in [2.05, 4.69) is 6.07 Å². The van der Waals surface area contributed by atoms with Crippen molar-refractivity contribution < 1.29 is 0 Å². The molecular weight excluding hydrogens is 238 g/mol. The van der Waals surface area contributed by atoms with Gasteiger partial charge in [-0.2, -0.15) is 0 Å². The smallest absolute Gasteiger partial charge is 0.328 e. The molecule has 1 aromatic carbocycles. The SMILES string of the molecule is Cn1c(=O)n(C)c2c(C3(CN)CCCC3)cccc21. The summed E-state index contributed by atoms with van der Waals surface area (Å²) in [5, 5.41) is 0. The first-order valence-electron chi connectivity index (χ1n) is 6.96. The molecule has 0 unspecified atom stereocenters. The van der Waals surface area contributed by atoms with Gasteiger partial charge < -0.3 is 5.73 Å². The van der Waals surface area contributed by atoms with Crippen LogP contribution in [-0.4, -0.2) is 15.7 Å². The van der Waals surface area contributed by atoms with E-state index in [0.29, 0.717) is 6.54 Å². The topological polar surface area (TPSA) is 53.0 Å². The minimum Gasteiger partial charge on any atom is -0.330 e. The van der Waals surface area contributed by atoms with Gasteiger partial charge in [0.2, 0.25) is 0 Å². The van der Waals surface area contributed by atoms with Gasteiger partial charge >= 0.3 is 5.69 Å². The Bertz CT molecular complexity index is 674. The second-order valence-corrected chi connectivity index (χ2v) is 5.77. The summed E-state index contributed by atoms with van der Waals surface area (Å²) >= 11 is 0. The molecule has 1 aromatic heterocycles. The van der Waals surface area contributed by atoms with Gasteiger partial charge in [-0.15, -0.1) is 0 Å². The maximum atomic E-state index is 12.1. The zero-order valence-corrected chi connectivity index (χ0v) is 11.6. The van der Waals surface area contributed by atoms with Crippen LogP contribution in [0.1, 0.15) is 31.2 Å². The number of nitrogens with two attached hydrogens (primary N) is 1. The number of imidazole rings is 1. The fourth-order valence-electron chi connectivity index (χ4n) is 3.64. The monoisotopic (exact) mass is 259 g/mol. The van der Waals surface area contributed by atoms with Gasteiger partial charge in [-0.05, 0) is 24.5 Å². The van der Waals surface area contributed by atoms with Gasteiger partial charge in [0.05, 0.1) is 11.0 Å². The lowest BCUT2D eigenvalue weighted by molar-refractivity contribution is 0.455. The van der Waals surface area contributed by atoms with Crippen LogP contribution < -0.4 is 11.4 Å². The van der Waals surface area contributed by atoms with Crippen molar-refractivity contribution in [3.63, 3.8) is 0 Å². The van der Waals surface area contributed by atoms with Crippen molar-refractivity contribution in [2.75, 3.05) is 6.54 Å². The molecule has 1 aliphatic carbocycles. The van der Waals surface area contributed by atoms with Crippen LogP contribution in [0.4, 0.5) is 0 Å². The molecule has 4 heteroatoms. The molecule has 0 saturated heterocycles. The number of benzene rings is 1. The molecule has 0 radical (unpaired) electrons. The summed E-state index contributed by atoms with van der Waals surface area (Å²) < 4.78 is 3.48. The summed E-state index contributed by atoms with van der Waals surface area (Å²) in [6.07, 6.45) is 4.72. The molecule has 19 heavy (non-hydrogen) atoms. The van der Waals surface area contributed by atoms with Crippen LogP contribution in [0.5, 0.6) is 0 Å². The number of para-hydroxylation sites is 1. The van der Waals surface area contributed by atoms with Gasteiger partial charge in [0, 0.05) is 26.1 Å². The van der Waals surface area contributed by atoms with Crippen molar-refractivity contribution in [2.24, 2.45) is 19.8 Å². The van der Waals surface area contributed by atoms with Gasteiger partial charge in [0.1, 0.15) is 0 Å². The number of nitrogens with zero attached hydrogens (tertiary/aromatic N) is 2. The highest BCUT2D eigenvalue weighted by atomic mass is 16.1. The fourth-order valence-corrected chi connectivity index (χ4v) is 3.64. The number of rotatable bonds is 2. The summed E-state index contributed by atoms with van der Waals surface area (Å²) in [5.41, 5.74) is 9.50. The highest BCUT2D eigenvalue weighted by molar-refractivity contribution is 5.81. The molecule has 1 aliphatic rings. The molecule has 1 fully saturated rings. The molecule has 0 atom stereocenters. The summed E-state index contributed by atoms with van der Waals surface area (Å²) in [6, 6.07) is 6.21. The summed E-state index contributed by atoms with van der Waals surface area (Å²) in [6.45, 7) is 0.662. The first-order chi connectivity index (χ1) is 9.10. The second kappa shape index (κ2) is 4.23. The number of fused-ring (bicyclic) bond motifs is 1. The van der Waals surface area contributed by atoms with Gasteiger partial charge in [-0.25, -0.2) is 4.79 Å². The molecular formula is C15H21N3O. The summed E-state index contributed by atoms with van der Waals surface area (Å²) in [5.74, 6) is 0. The molecule has 102 valence electrons. The van der Waals surface area contributed by atoms with E-state index in [9.17, 15) is 4.79 Å². The zero-order chi connectivity index (χ0) is 13.6. The Morgan fingerprint density at radius 1 is 1.21 bits per heavy atom. The van der Waals surface area contributed by atoms with Gasteiger partial charge in [0.25, 0.3) is 0 Å². The lowest BCUT2D eigenvalue weighted by atomic mass is 9.78. The third-order valence-electron chi connectivity index (χ3n) is 4.81. The van der Waals surface area contributed by atoms with Gasteiger partial charge in [-0.1, -0.05) is 25.0 Å². The predicted molar refractivity (Wildman–Crippen MR) is 77.4 cm³/mol. The van der Waals surface area contributed by atoms with Crippen LogP contribution >= 0.6 is 0 Å². The van der Waals surface area contributed by atoms with E-state index in [1.807, 2.05) is 26.2 Å². The normalized spacial score (nSPS) is 18.3. The van der Waals surface area contributed by atoms with Crippen LogP contribution in [0.2, 0.25) is 0 Å². The second-order valence-electron chi connectivity index (χ2n) is 5.77. The Morgan fingerprint density at radius 2 is 1.89 bits per heavy atom. The Hall–Kier alpha value is -1.55. The third-order valence-corrected chi connectivity index (χ3v) is 4.81. The van der Waals surface area contributed by atoms with Crippen LogP contribution in [0.15, 0.2) is 23.0 Å². The highest BCUT2D eigenvalue weighted by Gasteiger charge is 2.36. The lowest BCUT2D eigenvalue weighted by Gasteiger charge is -2.28. The van der Waals surface area contributed by atoms with Crippen molar-refractivity contribution in [3.05, 3.63) is 34.2 Å². The van der Waals surface area contributed by atoms with Crippen LogP contribution in [0.3, 0.4) is 0 Å². The van der Waals surface area contributed by atoms with Gasteiger partial charge in [0.15, 0.2) is 0 Å². The molecule has 2 aromatic rings. The Morgan fingerprint density at radius 3 is 2.53 bits per heavy atom. The van der Waals surface area contributed by atoms with E-state index >= 15 is 0 Å². The largest absolute Gasteiger partial charge is 0.330 e. The Kier molecular flexibility index (Phi) is 2.78. The van der Waals surface area contributed by atoms with E-state index in [0.717, 1.165) is 23.9 Å². The average Bonchev–Trinajstić information content (AvgIpc) is 3.01. The molecule has 0 spiro atoms. The number of aryl methyl sites for hydroxylation is 2. The van der Waals surface area contributed by atoms with Crippen molar-refractivity contribution in [2.45, 2.75) is 31.1 Å². The quantitative estimate of drug-likeness (QED) is 0.891. The van der Waals surface area contributed by atoms with E-state index in [1.54, 1.807) is 9.13 Å². The standard InChI is InChI=1S/C15H21N3O/c1-17-12-7-5-6-11(13(12)18(2)14(17)19)15(10-16)8-3-4-9-15/h5-7H,3-4,8-10,16H2,1-2H3. The molecule has 0 amide bonds. The summed E-state index contributed by atoms with van der Waals surface area (Å²) in [4.78, 5) is 12.1. The van der Waals surface area contributed by atoms with Crippen molar-refractivity contribution >= 4 is 11.0 Å². The van der Waals surface area contributed by atoms with Crippen molar-refractivity contribution in [1.29, 1.82) is 0 Å². The molecule has 3 rings (SSSR count). The predicted octanol–water partition coefficient (Wildman–Crippen LogP) is 1.65. The lowest BCUT2D eigenvalue weighted by Crippen LogP contribution is -2.32. The van der Waals surface area contributed by atoms with Crippen molar-refractivity contribution in [3.8, 4) is 0 Å². The molecule has 4 nitrogen and oxygen atoms in total. The number of hydrogen-bond donors (Lipinski definition) is 1. The van der Waals surface area contributed by atoms with Crippen LogP contribution in [-0.2, 0) is 19.5 Å². The third kappa shape index (κ3) is 1.59. The first-order valence-corrected chi connectivity index (χ1v) is 6.96. The van der Waals surface area contributed by atoms with E-state index < -0.39 is 0 Å². The Balaban J connectivity index is 2.36. The van der Waals surface area contributed by atoms with E-state index in [4.69, 9.17) is 5.73 Å². The minimum absolute atomic E-state index is 0.0348. The maximum Gasteiger partial charge on any atom is 0.328 e. The molecule has 2 N–H and O–H groups in total. The molecule has 0 bridgehead atoms. The van der Waals surface area contributed by atoms with E-state index in [1.165, 1.54) is 18.4 Å². The average molecular weight is 259 g/mol. The highest BCUT2D eigenvalue weighted by Crippen LogP contribution is 2.42. The molecule has 1 saturated carbocycles. The Labute approximate surface area is 112 Å². The minimum atomic E-state index is 0.0348. The van der Waals surface area contributed by atoms with E-state index in [-0.39, 0.29) is 11.1 Å². The number of hydrogen-bond acceptors (Lipinski definition) is 2. The number of aromatic nitrogens is 2. The van der Waals surface area contributed by atoms with Crippen LogP contribution in [0, 0.1) is 0 Å². The molecule has 1 heterocycles. The first kappa shape index (κ1) is 12.5.